The molecule has 87 heavy (non-hydrogen) atoms. The van der Waals surface area contributed by atoms with Crippen LogP contribution in [0.5, 0.6) is 0 Å². The van der Waals surface area contributed by atoms with Crippen LogP contribution in [0.4, 0.5) is 0 Å². The van der Waals surface area contributed by atoms with Crippen LogP contribution in [0.1, 0.15) is 331 Å². The summed E-state index contributed by atoms with van der Waals surface area (Å²) in [7, 11) is -9.90. The van der Waals surface area contributed by atoms with E-state index in [0.717, 1.165) is 120 Å². The number of unbranched alkanes of at least 4 members (excludes halogenated alkanes) is 29. The van der Waals surface area contributed by atoms with Crippen molar-refractivity contribution in [3.63, 3.8) is 0 Å². The maximum absolute atomic E-state index is 13.0. The summed E-state index contributed by atoms with van der Waals surface area (Å²) >= 11 is 0. The molecule has 0 aromatic rings. The van der Waals surface area contributed by atoms with Crippen LogP contribution >= 0.6 is 15.6 Å². The van der Waals surface area contributed by atoms with E-state index in [1.807, 2.05) is 0 Å². The van der Waals surface area contributed by atoms with Gasteiger partial charge in [-0.15, -0.1) is 0 Å². The molecule has 0 rings (SSSR count). The zero-order chi connectivity index (χ0) is 64.7. The maximum Gasteiger partial charge on any atom is 0.472 e. The highest BCUT2D eigenvalue weighted by molar-refractivity contribution is 7.47. The Hall–Kier alpha value is -1.94. The average Bonchev–Trinajstić information content (AvgIpc) is 3.68. The third kappa shape index (κ3) is 60.1. The van der Waals surface area contributed by atoms with Gasteiger partial charge in [-0.2, -0.15) is 0 Å². The second-order valence-electron chi connectivity index (χ2n) is 26.0. The van der Waals surface area contributed by atoms with Crippen molar-refractivity contribution in [2.24, 2.45) is 23.7 Å². The van der Waals surface area contributed by atoms with Crippen LogP contribution in [0.2, 0.25) is 0 Å². The van der Waals surface area contributed by atoms with Gasteiger partial charge in [0, 0.05) is 25.7 Å². The van der Waals surface area contributed by atoms with Gasteiger partial charge in [-0.3, -0.25) is 37.3 Å². The second kappa shape index (κ2) is 57.9. The molecule has 0 aromatic heterocycles. The third-order valence-corrected chi connectivity index (χ3v) is 18.2. The number of hydrogen-bond donors (Lipinski definition) is 3. The minimum absolute atomic E-state index is 0.104. The molecule has 19 heteroatoms. The van der Waals surface area contributed by atoms with Crippen molar-refractivity contribution in [1.82, 2.24) is 0 Å². The van der Waals surface area contributed by atoms with E-state index in [1.54, 1.807) is 0 Å². The fraction of sp³-hybridized carbons (Fsp3) is 0.941. The number of hydrogen-bond acceptors (Lipinski definition) is 15. The molecule has 17 nitrogen and oxygen atoms in total. The van der Waals surface area contributed by atoms with E-state index in [4.69, 9.17) is 37.0 Å². The van der Waals surface area contributed by atoms with Crippen LogP contribution in [0, 0.1) is 23.7 Å². The van der Waals surface area contributed by atoms with E-state index in [9.17, 15) is 43.2 Å². The molecule has 0 heterocycles. The summed E-state index contributed by atoms with van der Waals surface area (Å²) in [5.41, 5.74) is 0. The van der Waals surface area contributed by atoms with E-state index in [-0.39, 0.29) is 25.7 Å². The normalized spacial score (nSPS) is 15.0. The van der Waals surface area contributed by atoms with Crippen LogP contribution in [0.3, 0.4) is 0 Å². The Balaban J connectivity index is 5.27. The molecule has 0 radical (unpaired) electrons. The molecule has 0 amide bonds. The SMILES string of the molecule is CCC(C)CCCCCCCCCCC(=O)O[C@H](COC(=O)CCCCCCCCCCCCC(C)C)COP(=O)(O)OC[C@@H](O)COP(=O)(O)OC[C@@H](COC(=O)CCCCCCCCC(C)CC)OC(=O)CCCCCCCCCCCC(C)C. The number of phosphoric ester groups is 2. The van der Waals surface area contributed by atoms with Gasteiger partial charge >= 0.3 is 39.5 Å². The predicted octanol–water partition coefficient (Wildman–Crippen LogP) is 18.9. The molecule has 0 aliphatic carbocycles. The van der Waals surface area contributed by atoms with Crippen molar-refractivity contribution in [3.05, 3.63) is 0 Å². The summed E-state index contributed by atoms with van der Waals surface area (Å²) < 4.78 is 68.2. The van der Waals surface area contributed by atoms with Crippen molar-refractivity contribution in [3.8, 4) is 0 Å². The van der Waals surface area contributed by atoms with Gasteiger partial charge in [0.1, 0.15) is 19.3 Å². The van der Waals surface area contributed by atoms with E-state index in [0.29, 0.717) is 25.7 Å². The Morgan fingerprint density at radius 2 is 0.552 bits per heavy atom. The van der Waals surface area contributed by atoms with Gasteiger partial charge in [-0.1, -0.05) is 280 Å². The summed E-state index contributed by atoms with van der Waals surface area (Å²) in [5.74, 6) is 0.861. The summed E-state index contributed by atoms with van der Waals surface area (Å²) in [6, 6.07) is 0. The lowest BCUT2D eigenvalue weighted by molar-refractivity contribution is -0.161. The minimum Gasteiger partial charge on any atom is -0.462 e. The maximum atomic E-state index is 13.0. The zero-order valence-corrected chi connectivity index (χ0v) is 58.4. The Bertz CT molecular complexity index is 1730. The number of esters is 4. The largest absolute Gasteiger partial charge is 0.472 e. The molecule has 0 aromatic carbocycles. The van der Waals surface area contributed by atoms with Crippen LogP contribution in [-0.2, 0) is 65.4 Å². The Morgan fingerprint density at radius 1 is 0.322 bits per heavy atom. The van der Waals surface area contributed by atoms with Gasteiger partial charge in [0.15, 0.2) is 12.2 Å². The number of ether oxygens (including phenoxy) is 4. The number of aliphatic hydroxyl groups excluding tert-OH is 1. The summed E-state index contributed by atoms with van der Waals surface area (Å²) in [5, 5.41) is 10.6. The smallest absolute Gasteiger partial charge is 0.462 e. The van der Waals surface area contributed by atoms with Crippen LogP contribution in [-0.4, -0.2) is 96.7 Å². The molecule has 0 saturated heterocycles. The van der Waals surface area contributed by atoms with Crippen molar-refractivity contribution < 1.29 is 80.2 Å². The van der Waals surface area contributed by atoms with E-state index >= 15 is 0 Å². The highest BCUT2D eigenvalue weighted by atomic mass is 31.2. The number of carbonyl (C=O) groups excluding carboxylic acids is 4. The van der Waals surface area contributed by atoms with Crippen LogP contribution < -0.4 is 0 Å². The van der Waals surface area contributed by atoms with E-state index in [1.165, 1.54) is 128 Å². The van der Waals surface area contributed by atoms with E-state index < -0.39 is 97.5 Å². The topological polar surface area (TPSA) is 237 Å². The van der Waals surface area contributed by atoms with Gasteiger partial charge in [0.05, 0.1) is 26.4 Å². The quantitative estimate of drug-likeness (QED) is 0.0222. The molecule has 0 aliphatic heterocycles. The molecule has 0 saturated carbocycles. The van der Waals surface area contributed by atoms with Crippen LogP contribution in [0.15, 0.2) is 0 Å². The van der Waals surface area contributed by atoms with Crippen molar-refractivity contribution >= 4 is 39.5 Å². The molecule has 0 bridgehead atoms. The molecule has 0 aliphatic rings. The lowest BCUT2D eigenvalue weighted by Gasteiger charge is -2.21. The van der Waals surface area contributed by atoms with E-state index in [2.05, 4.69) is 55.4 Å². The molecular weight excluding hydrogens is 1150 g/mol. The highest BCUT2D eigenvalue weighted by Gasteiger charge is 2.30. The van der Waals surface area contributed by atoms with Gasteiger partial charge in [-0.25, -0.2) is 9.13 Å². The Labute approximate surface area is 530 Å². The monoisotopic (exact) mass is 1280 g/mol. The fourth-order valence-electron chi connectivity index (χ4n) is 10.1. The Kier molecular flexibility index (Phi) is 56.6. The fourth-order valence-corrected chi connectivity index (χ4v) is 11.7. The molecule has 0 fully saturated rings. The Morgan fingerprint density at radius 3 is 0.816 bits per heavy atom. The van der Waals surface area contributed by atoms with Crippen molar-refractivity contribution in [2.45, 2.75) is 350 Å². The molecule has 4 unspecified atom stereocenters. The average molecular weight is 1280 g/mol. The molecule has 7 atom stereocenters. The summed E-state index contributed by atoms with van der Waals surface area (Å²) in [4.78, 5) is 72.4. The molecule has 516 valence electrons. The first-order valence-corrected chi connectivity index (χ1v) is 38.3. The second-order valence-corrected chi connectivity index (χ2v) is 28.9. The number of carbonyl (C=O) groups is 4. The molecule has 0 spiro atoms. The van der Waals surface area contributed by atoms with Gasteiger partial charge in [0.2, 0.25) is 0 Å². The minimum atomic E-state index is -4.95. The van der Waals surface area contributed by atoms with Crippen molar-refractivity contribution in [2.75, 3.05) is 39.6 Å². The first-order chi connectivity index (χ1) is 41.7. The predicted molar refractivity (Wildman–Crippen MR) is 349 cm³/mol. The number of phosphoric acid groups is 2. The standard InChI is InChI=1S/C68H132O17P2/c1-9-60(7)46-38-30-22-18-19-25-35-43-51-68(73)85-63(54-78-65(70)48-40-32-23-16-12-11-14-20-28-36-44-58(3)4)56-82-86(74,75)80-52-62(69)53-81-87(76,77)83-57-64(55-79-66(71)49-41-33-27-26-31-39-47-61(8)10-2)84-67(72)50-42-34-24-17-13-15-21-29-37-45-59(5)6/h58-64,69H,9-57H2,1-8H3,(H,74,75)(H,76,77)/t60?,61?,62-,63-,64-/m1/s1. The first-order valence-electron chi connectivity index (χ1n) is 35.3. The van der Waals surface area contributed by atoms with Crippen LogP contribution in [0.25, 0.3) is 0 Å². The van der Waals surface area contributed by atoms with Gasteiger partial charge in [-0.05, 0) is 49.4 Å². The van der Waals surface area contributed by atoms with Gasteiger partial charge in [0.25, 0.3) is 0 Å². The zero-order valence-electron chi connectivity index (χ0n) is 56.6. The van der Waals surface area contributed by atoms with Gasteiger partial charge < -0.3 is 33.8 Å². The lowest BCUT2D eigenvalue weighted by Crippen LogP contribution is -2.30. The third-order valence-electron chi connectivity index (χ3n) is 16.3. The summed E-state index contributed by atoms with van der Waals surface area (Å²) in [6.07, 6.45) is 38.9. The summed E-state index contributed by atoms with van der Waals surface area (Å²) in [6.45, 7) is 14.1. The first kappa shape index (κ1) is 85.1. The highest BCUT2D eigenvalue weighted by Crippen LogP contribution is 2.45. The lowest BCUT2D eigenvalue weighted by atomic mass is 9.99. The number of rotatable bonds is 65. The van der Waals surface area contributed by atoms with Crippen molar-refractivity contribution in [1.29, 1.82) is 0 Å². The number of aliphatic hydroxyl groups is 1. The molecule has 3 N–H and O–H groups in total. The molecular formula is C68H132O17P2.